The number of pyridine rings is 1. The van der Waals surface area contributed by atoms with Crippen LogP contribution in [0.15, 0.2) is 42.7 Å². The van der Waals surface area contributed by atoms with E-state index in [0.29, 0.717) is 23.5 Å². The Balaban J connectivity index is 1.55. The predicted molar refractivity (Wildman–Crippen MR) is 102 cm³/mol. The number of anilines is 1. The molecule has 1 aliphatic rings. The number of hydrogen-bond acceptors (Lipinski definition) is 5. The number of rotatable bonds is 3. The van der Waals surface area contributed by atoms with Gasteiger partial charge in [0.25, 0.3) is 5.91 Å². The molecule has 0 bridgehead atoms. The number of nitrogens with zero attached hydrogens (tertiary/aromatic N) is 5. The van der Waals surface area contributed by atoms with Crippen molar-refractivity contribution >= 4 is 22.6 Å². The number of benzene rings is 1. The van der Waals surface area contributed by atoms with Gasteiger partial charge in [0.05, 0.1) is 22.8 Å². The Morgan fingerprint density at radius 2 is 2.22 bits per heavy atom. The maximum Gasteiger partial charge on any atom is 0.254 e. The molecule has 0 spiro atoms. The van der Waals surface area contributed by atoms with Gasteiger partial charge in [0, 0.05) is 37.8 Å². The van der Waals surface area contributed by atoms with Crippen molar-refractivity contribution in [1.82, 2.24) is 20.1 Å². The van der Waals surface area contributed by atoms with E-state index in [0.717, 1.165) is 30.3 Å². The Kier molecular flexibility index (Phi) is 4.47. The smallest absolute Gasteiger partial charge is 0.254 e. The fourth-order valence-corrected chi connectivity index (χ4v) is 3.52. The first kappa shape index (κ1) is 17.0. The third-order valence-electron chi connectivity index (χ3n) is 4.85. The maximum absolute atomic E-state index is 12.4. The van der Waals surface area contributed by atoms with E-state index in [-0.39, 0.29) is 11.9 Å². The topological polar surface area (TPSA) is 86.8 Å². The number of aryl methyl sites for hydroxylation is 1. The molecule has 2 aromatic heterocycles. The van der Waals surface area contributed by atoms with Crippen LogP contribution in [0.5, 0.6) is 0 Å². The lowest BCUT2D eigenvalue weighted by Gasteiger charge is -2.34. The zero-order chi connectivity index (χ0) is 18.8. The number of nitriles is 1. The molecule has 27 heavy (non-hydrogen) atoms. The lowest BCUT2D eigenvalue weighted by molar-refractivity contribution is 0.0933. The number of fused-ring (bicyclic) bond motifs is 1. The molecular formula is C20H20N6O. The molecule has 1 atom stereocenters. The zero-order valence-corrected chi connectivity index (χ0v) is 15.1. The first-order valence-electron chi connectivity index (χ1n) is 8.98. The van der Waals surface area contributed by atoms with Crippen molar-refractivity contribution < 1.29 is 4.79 Å². The Morgan fingerprint density at radius 1 is 1.37 bits per heavy atom. The highest BCUT2D eigenvalue weighted by Gasteiger charge is 2.25. The van der Waals surface area contributed by atoms with E-state index < -0.39 is 0 Å². The summed E-state index contributed by atoms with van der Waals surface area (Å²) in [6.45, 7) is 1.45. The van der Waals surface area contributed by atoms with Gasteiger partial charge >= 0.3 is 0 Å². The average Bonchev–Trinajstić information content (AvgIpc) is 3.13. The van der Waals surface area contributed by atoms with Crippen molar-refractivity contribution in [1.29, 1.82) is 5.26 Å². The van der Waals surface area contributed by atoms with E-state index in [4.69, 9.17) is 4.98 Å². The molecule has 1 fully saturated rings. The number of carbonyl (C=O) groups excluding carboxylic acids is 1. The quantitative estimate of drug-likeness (QED) is 0.774. The molecule has 0 saturated carbocycles. The van der Waals surface area contributed by atoms with E-state index in [1.54, 1.807) is 24.1 Å². The average molecular weight is 360 g/mol. The van der Waals surface area contributed by atoms with Crippen molar-refractivity contribution in [3.63, 3.8) is 0 Å². The van der Waals surface area contributed by atoms with Crippen molar-refractivity contribution in [2.24, 2.45) is 7.05 Å². The number of hydrogen-bond donors (Lipinski definition) is 1. The van der Waals surface area contributed by atoms with Crippen LogP contribution in [-0.2, 0) is 7.05 Å². The number of aromatic nitrogens is 3. The van der Waals surface area contributed by atoms with Crippen LogP contribution in [0.1, 0.15) is 28.8 Å². The second-order valence-corrected chi connectivity index (χ2v) is 6.83. The summed E-state index contributed by atoms with van der Waals surface area (Å²) >= 11 is 0. The summed E-state index contributed by atoms with van der Waals surface area (Å²) in [6, 6.07) is 11.9. The van der Waals surface area contributed by atoms with Gasteiger partial charge in [0.2, 0.25) is 0 Å². The zero-order valence-electron chi connectivity index (χ0n) is 15.1. The first-order chi connectivity index (χ1) is 13.1. The highest BCUT2D eigenvalue weighted by molar-refractivity contribution is 5.94. The lowest BCUT2D eigenvalue weighted by Crippen LogP contribution is -2.48. The molecule has 0 radical (unpaired) electrons. The van der Waals surface area contributed by atoms with Crippen LogP contribution in [0.4, 0.5) is 5.82 Å². The summed E-state index contributed by atoms with van der Waals surface area (Å²) in [5.41, 5.74) is 1.98. The monoisotopic (exact) mass is 360 g/mol. The Bertz CT molecular complexity index is 1030. The number of piperidine rings is 1. The van der Waals surface area contributed by atoms with Crippen LogP contribution in [0.3, 0.4) is 0 Å². The van der Waals surface area contributed by atoms with Gasteiger partial charge in [-0.3, -0.25) is 9.48 Å². The molecule has 136 valence electrons. The van der Waals surface area contributed by atoms with Crippen molar-refractivity contribution in [3.8, 4) is 6.07 Å². The predicted octanol–water partition coefficient (Wildman–Crippen LogP) is 2.24. The van der Waals surface area contributed by atoms with E-state index in [2.05, 4.69) is 21.4 Å². The van der Waals surface area contributed by atoms with Gasteiger partial charge in [-0.15, -0.1) is 0 Å². The van der Waals surface area contributed by atoms with Crippen molar-refractivity contribution in [2.45, 2.75) is 18.9 Å². The van der Waals surface area contributed by atoms with Crippen LogP contribution < -0.4 is 10.2 Å². The van der Waals surface area contributed by atoms with E-state index in [1.807, 2.05) is 30.3 Å². The highest BCUT2D eigenvalue weighted by atomic mass is 16.1. The van der Waals surface area contributed by atoms with Gasteiger partial charge in [-0.2, -0.15) is 10.4 Å². The molecule has 1 saturated heterocycles. The second-order valence-electron chi connectivity index (χ2n) is 6.83. The molecule has 1 unspecified atom stereocenters. The van der Waals surface area contributed by atoms with E-state index in [1.165, 1.54) is 0 Å². The minimum absolute atomic E-state index is 0.00580. The summed E-state index contributed by atoms with van der Waals surface area (Å²) in [6.07, 6.45) is 5.10. The van der Waals surface area contributed by atoms with Crippen LogP contribution in [-0.4, -0.2) is 39.8 Å². The molecule has 1 aromatic carbocycles. The Hall–Kier alpha value is -3.40. The van der Waals surface area contributed by atoms with Gasteiger partial charge in [-0.05, 0) is 25.0 Å². The van der Waals surface area contributed by atoms with Crippen LogP contribution in [0.2, 0.25) is 0 Å². The minimum Gasteiger partial charge on any atom is -0.353 e. The fraction of sp³-hybridized carbons (Fsp3) is 0.300. The third-order valence-corrected chi connectivity index (χ3v) is 4.85. The van der Waals surface area contributed by atoms with Crippen molar-refractivity contribution in [3.05, 3.63) is 53.9 Å². The van der Waals surface area contributed by atoms with Gasteiger partial charge in [0.1, 0.15) is 11.9 Å². The summed E-state index contributed by atoms with van der Waals surface area (Å²) < 4.78 is 1.61. The summed E-state index contributed by atoms with van der Waals surface area (Å²) in [5, 5.41) is 17.7. The molecule has 1 N–H and O–H groups in total. The number of para-hydroxylation sites is 1. The standard InChI is InChI=1S/C20H20N6O/c1-25-12-16(11-22-25)20(27)23-17-6-4-8-26(13-17)19-15(10-21)9-14-5-2-3-7-18(14)24-19/h2-3,5,7,9,11-12,17H,4,6,8,13H2,1H3,(H,23,27). The molecule has 0 aliphatic carbocycles. The molecule has 7 heteroatoms. The Morgan fingerprint density at radius 3 is 3.00 bits per heavy atom. The lowest BCUT2D eigenvalue weighted by atomic mass is 10.0. The molecule has 3 heterocycles. The highest BCUT2D eigenvalue weighted by Crippen LogP contribution is 2.25. The van der Waals surface area contributed by atoms with Gasteiger partial charge in [-0.1, -0.05) is 18.2 Å². The van der Waals surface area contributed by atoms with Crippen LogP contribution in [0.25, 0.3) is 10.9 Å². The number of amides is 1. The summed E-state index contributed by atoms with van der Waals surface area (Å²) in [7, 11) is 1.79. The van der Waals surface area contributed by atoms with E-state index in [9.17, 15) is 10.1 Å². The summed E-state index contributed by atoms with van der Waals surface area (Å²) in [5.74, 6) is 0.568. The van der Waals surface area contributed by atoms with E-state index >= 15 is 0 Å². The molecular weight excluding hydrogens is 340 g/mol. The minimum atomic E-state index is -0.123. The largest absolute Gasteiger partial charge is 0.353 e. The second kappa shape index (κ2) is 7.08. The van der Waals surface area contributed by atoms with Crippen LogP contribution in [0, 0.1) is 11.3 Å². The molecule has 7 nitrogen and oxygen atoms in total. The third kappa shape index (κ3) is 3.47. The molecule has 1 aliphatic heterocycles. The van der Waals surface area contributed by atoms with Gasteiger partial charge < -0.3 is 10.2 Å². The first-order valence-corrected chi connectivity index (χ1v) is 8.98. The fourth-order valence-electron chi connectivity index (χ4n) is 3.52. The summed E-state index contributed by atoms with van der Waals surface area (Å²) in [4.78, 5) is 19.2. The molecule has 3 aromatic rings. The molecule has 1 amide bonds. The van der Waals surface area contributed by atoms with Crippen molar-refractivity contribution in [2.75, 3.05) is 18.0 Å². The maximum atomic E-state index is 12.4. The number of carbonyl (C=O) groups is 1. The Labute approximate surface area is 157 Å². The molecule has 4 rings (SSSR count). The number of nitrogens with one attached hydrogen (secondary N) is 1. The SMILES string of the molecule is Cn1cc(C(=O)NC2CCCN(c3nc4ccccc4cc3C#N)C2)cn1. The van der Waals surface area contributed by atoms with Gasteiger partial charge in [0.15, 0.2) is 0 Å². The normalized spacial score (nSPS) is 16.9. The van der Waals surface area contributed by atoms with Gasteiger partial charge in [-0.25, -0.2) is 4.98 Å². The van der Waals surface area contributed by atoms with Crippen LogP contribution >= 0.6 is 0 Å².